The standard InChI is InChI=1S/C62H38N4/c1-63-59-35-33-47(45-19-11-18-44(36-45)46-31-30-42-29-28-40-14-6-8-23-51(40)57(42)38-46)39-58(59)54-25-10-9-24-52(54)48-20-12-21-49(37-48)61-64-60(43-16-3-2-4-17-43)65-62(66-61)56-27-13-26-53-50-22-7-5-15-41(50)32-34-55(53)56/h2-39H. The molecule has 306 valence electrons. The van der Waals surface area contributed by atoms with Gasteiger partial charge in [0.1, 0.15) is 0 Å². The predicted molar refractivity (Wildman–Crippen MR) is 274 cm³/mol. The van der Waals surface area contributed by atoms with Crippen LogP contribution in [-0.4, -0.2) is 15.0 Å². The van der Waals surface area contributed by atoms with E-state index in [0.29, 0.717) is 23.2 Å². The van der Waals surface area contributed by atoms with Crippen LogP contribution in [0.4, 0.5) is 5.69 Å². The first-order valence-corrected chi connectivity index (χ1v) is 22.1. The Morgan fingerprint density at radius 3 is 1.52 bits per heavy atom. The van der Waals surface area contributed by atoms with Gasteiger partial charge in [0.15, 0.2) is 23.2 Å². The Labute approximate surface area is 382 Å². The second kappa shape index (κ2) is 16.3. The van der Waals surface area contributed by atoms with Crippen molar-refractivity contribution in [3.05, 3.63) is 242 Å². The van der Waals surface area contributed by atoms with E-state index < -0.39 is 0 Å². The molecule has 0 N–H and O–H groups in total. The van der Waals surface area contributed by atoms with Crippen LogP contribution in [0.1, 0.15) is 0 Å². The zero-order valence-corrected chi connectivity index (χ0v) is 35.7. The summed E-state index contributed by atoms with van der Waals surface area (Å²) >= 11 is 0. The Balaban J connectivity index is 0.946. The molecule has 4 nitrogen and oxygen atoms in total. The molecule has 4 heteroatoms. The van der Waals surface area contributed by atoms with Crippen LogP contribution in [0.2, 0.25) is 0 Å². The number of hydrogen-bond donors (Lipinski definition) is 0. The minimum absolute atomic E-state index is 0.583. The average Bonchev–Trinajstić information content (AvgIpc) is 3.40. The highest BCUT2D eigenvalue weighted by Gasteiger charge is 2.18. The summed E-state index contributed by atoms with van der Waals surface area (Å²) in [6, 6.07) is 80.6. The molecular weight excluding hydrogens is 801 g/mol. The summed E-state index contributed by atoms with van der Waals surface area (Å²) in [5.41, 5.74) is 11.6. The van der Waals surface area contributed by atoms with Crippen molar-refractivity contribution in [2.75, 3.05) is 0 Å². The van der Waals surface area contributed by atoms with E-state index in [1.54, 1.807) is 0 Å². The van der Waals surface area contributed by atoms with E-state index >= 15 is 0 Å². The van der Waals surface area contributed by atoms with Gasteiger partial charge in [-0.2, -0.15) is 0 Å². The summed E-state index contributed by atoms with van der Waals surface area (Å²) in [4.78, 5) is 19.5. The van der Waals surface area contributed by atoms with Gasteiger partial charge in [0, 0.05) is 16.7 Å². The Kier molecular flexibility index (Phi) is 9.51. The van der Waals surface area contributed by atoms with Crippen molar-refractivity contribution < 1.29 is 0 Å². The summed E-state index contributed by atoms with van der Waals surface area (Å²) in [6.07, 6.45) is 0. The van der Waals surface area contributed by atoms with Crippen molar-refractivity contribution in [1.82, 2.24) is 15.0 Å². The van der Waals surface area contributed by atoms with Gasteiger partial charge in [0.2, 0.25) is 0 Å². The van der Waals surface area contributed by atoms with Gasteiger partial charge in [-0.1, -0.05) is 212 Å². The lowest BCUT2D eigenvalue weighted by molar-refractivity contribution is 1.08. The highest BCUT2D eigenvalue weighted by molar-refractivity contribution is 6.12. The van der Waals surface area contributed by atoms with E-state index in [2.05, 4.69) is 193 Å². The first-order valence-electron chi connectivity index (χ1n) is 22.1. The maximum atomic E-state index is 8.27. The summed E-state index contributed by atoms with van der Waals surface area (Å²) in [5, 5.41) is 9.57. The van der Waals surface area contributed by atoms with E-state index in [-0.39, 0.29) is 0 Å². The SMILES string of the molecule is [C-]#[N+]c1ccc(-c2cccc(-c3ccc4ccc5ccccc5c4c3)c2)cc1-c1ccccc1-c1cccc(-c2nc(-c3ccccc3)nc(-c3cccc4c3ccc3ccccc34)n2)c1. The maximum Gasteiger partial charge on any atom is 0.194 e. The molecule has 0 aliphatic rings. The Morgan fingerprint density at radius 2 is 0.742 bits per heavy atom. The predicted octanol–water partition coefficient (Wildman–Crippen LogP) is 16.7. The van der Waals surface area contributed by atoms with Gasteiger partial charge in [-0.15, -0.1) is 0 Å². The molecule has 0 spiro atoms. The third-order valence-electron chi connectivity index (χ3n) is 12.7. The summed E-state index contributed by atoms with van der Waals surface area (Å²) < 4.78 is 0. The Morgan fingerprint density at radius 1 is 0.258 bits per heavy atom. The molecule has 11 aromatic carbocycles. The molecule has 0 unspecified atom stereocenters. The first-order chi connectivity index (χ1) is 32.6. The molecule has 0 atom stereocenters. The van der Waals surface area contributed by atoms with E-state index in [1.165, 1.54) is 32.3 Å². The molecule has 0 radical (unpaired) electrons. The van der Waals surface area contributed by atoms with Gasteiger partial charge in [0.05, 0.1) is 6.57 Å². The van der Waals surface area contributed by atoms with Gasteiger partial charge < -0.3 is 0 Å². The van der Waals surface area contributed by atoms with Crippen LogP contribution in [0.25, 0.3) is 127 Å². The number of aromatic nitrogens is 3. The molecule has 1 aromatic heterocycles. The van der Waals surface area contributed by atoms with Crippen molar-refractivity contribution in [3.8, 4) is 78.7 Å². The monoisotopic (exact) mass is 838 g/mol. The summed E-state index contributed by atoms with van der Waals surface area (Å²) in [6.45, 7) is 8.27. The molecule has 66 heavy (non-hydrogen) atoms. The number of fused-ring (bicyclic) bond motifs is 6. The number of nitrogens with zero attached hydrogens (tertiary/aromatic N) is 4. The fourth-order valence-electron chi connectivity index (χ4n) is 9.46. The molecular formula is C62H38N4. The third-order valence-corrected chi connectivity index (χ3v) is 12.7. The quantitative estimate of drug-likeness (QED) is 0.119. The van der Waals surface area contributed by atoms with Gasteiger partial charge in [-0.25, -0.2) is 19.8 Å². The minimum Gasteiger partial charge on any atom is -0.238 e. The van der Waals surface area contributed by atoms with Crippen molar-refractivity contribution in [2.45, 2.75) is 0 Å². The lowest BCUT2D eigenvalue weighted by atomic mass is 9.90. The highest BCUT2D eigenvalue weighted by Crippen LogP contribution is 2.42. The fourth-order valence-corrected chi connectivity index (χ4v) is 9.46. The van der Waals surface area contributed by atoms with Crippen molar-refractivity contribution in [1.29, 1.82) is 0 Å². The fraction of sp³-hybridized carbons (Fsp3) is 0. The first kappa shape index (κ1) is 38.6. The van der Waals surface area contributed by atoms with Crippen molar-refractivity contribution in [3.63, 3.8) is 0 Å². The minimum atomic E-state index is 0.583. The largest absolute Gasteiger partial charge is 0.238 e. The molecule has 0 bridgehead atoms. The second-order valence-corrected chi connectivity index (χ2v) is 16.6. The molecule has 0 aliphatic heterocycles. The Hall–Kier alpha value is -9.04. The topological polar surface area (TPSA) is 43.0 Å². The molecule has 0 saturated heterocycles. The van der Waals surface area contributed by atoms with E-state index in [9.17, 15) is 0 Å². The van der Waals surface area contributed by atoms with Gasteiger partial charge in [-0.05, 0) is 106 Å². The molecule has 12 rings (SSSR count). The molecule has 12 aromatic rings. The van der Waals surface area contributed by atoms with Gasteiger partial charge in [0.25, 0.3) is 0 Å². The number of hydrogen-bond acceptors (Lipinski definition) is 3. The highest BCUT2D eigenvalue weighted by atomic mass is 15.0. The van der Waals surface area contributed by atoms with Crippen LogP contribution in [0.15, 0.2) is 231 Å². The zero-order chi connectivity index (χ0) is 44.0. The van der Waals surface area contributed by atoms with Crippen molar-refractivity contribution >= 4 is 48.8 Å². The zero-order valence-electron chi connectivity index (χ0n) is 35.7. The van der Waals surface area contributed by atoms with Gasteiger partial charge in [-0.3, -0.25) is 0 Å². The Bertz CT molecular complexity index is 3900. The van der Waals surface area contributed by atoms with Crippen molar-refractivity contribution in [2.24, 2.45) is 0 Å². The van der Waals surface area contributed by atoms with E-state index in [4.69, 9.17) is 21.5 Å². The van der Waals surface area contributed by atoms with Crippen LogP contribution in [0, 0.1) is 6.57 Å². The normalized spacial score (nSPS) is 11.3. The third kappa shape index (κ3) is 6.93. The van der Waals surface area contributed by atoms with Crippen LogP contribution < -0.4 is 0 Å². The molecule has 0 fully saturated rings. The lowest BCUT2D eigenvalue weighted by Gasteiger charge is -2.15. The molecule has 0 saturated carbocycles. The van der Waals surface area contributed by atoms with Crippen LogP contribution >= 0.6 is 0 Å². The average molecular weight is 839 g/mol. The summed E-state index contributed by atoms with van der Waals surface area (Å²) in [7, 11) is 0. The summed E-state index contributed by atoms with van der Waals surface area (Å²) in [5.74, 6) is 1.80. The maximum absolute atomic E-state index is 8.27. The van der Waals surface area contributed by atoms with Crippen LogP contribution in [0.3, 0.4) is 0 Å². The lowest BCUT2D eigenvalue weighted by Crippen LogP contribution is -2.00. The number of benzene rings is 11. The van der Waals surface area contributed by atoms with Gasteiger partial charge >= 0.3 is 0 Å². The van der Waals surface area contributed by atoms with Crippen LogP contribution in [-0.2, 0) is 0 Å². The molecule has 0 aliphatic carbocycles. The molecule has 1 heterocycles. The molecule has 0 amide bonds. The van der Waals surface area contributed by atoms with E-state index in [0.717, 1.165) is 72.0 Å². The number of rotatable bonds is 7. The van der Waals surface area contributed by atoms with E-state index in [1.807, 2.05) is 42.5 Å². The van der Waals surface area contributed by atoms with Crippen LogP contribution in [0.5, 0.6) is 0 Å². The second-order valence-electron chi connectivity index (χ2n) is 16.6. The smallest absolute Gasteiger partial charge is 0.194 e.